The molecule has 1 rings (SSSR count). The summed E-state index contributed by atoms with van der Waals surface area (Å²) in [6, 6.07) is 7.10. The number of rotatable bonds is 9. The third kappa shape index (κ3) is 7.66. The molecule has 6 heteroatoms. The largest absolute Gasteiger partial charge is 0.383 e. The summed E-state index contributed by atoms with van der Waals surface area (Å²) in [5.41, 5.74) is 0.746. The number of guanidine groups is 1. The Kier molecular flexibility index (Phi) is 9.66. The predicted molar refractivity (Wildman–Crippen MR) is 93.0 cm³/mol. The Morgan fingerprint density at radius 3 is 2.86 bits per heavy atom. The smallest absolute Gasteiger partial charge is 0.191 e. The van der Waals surface area contributed by atoms with E-state index < -0.39 is 0 Å². The molecule has 1 aromatic rings. The van der Waals surface area contributed by atoms with Crippen LogP contribution in [0.5, 0.6) is 0 Å². The lowest BCUT2D eigenvalue weighted by Crippen LogP contribution is -2.44. The number of halogens is 1. The molecule has 0 aliphatic heterocycles. The van der Waals surface area contributed by atoms with E-state index in [1.54, 1.807) is 24.9 Å². The number of ether oxygens (including phenoxy) is 1. The standard InChI is InChI=1S/C16H26FN3OS/c1-4-18-16(20-13(2)11-21-3)19-9-10-22-12-14-7-5-6-8-15(14)17/h5-8,13H,4,9-12H2,1-3H3,(H2,18,19,20). The second kappa shape index (κ2) is 11.3. The summed E-state index contributed by atoms with van der Waals surface area (Å²) in [5, 5.41) is 6.48. The van der Waals surface area contributed by atoms with E-state index in [1.165, 1.54) is 6.07 Å². The van der Waals surface area contributed by atoms with Gasteiger partial charge >= 0.3 is 0 Å². The normalized spacial score (nSPS) is 13.0. The van der Waals surface area contributed by atoms with Crippen LogP contribution in [0.4, 0.5) is 4.39 Å². The zero-order chi connectivity index (χ0) is 16.2. The average Bonchev–Trinajstić information content (AvgIpc) is 2.49. The van der Waals surface area contributed by atoms with Crippen molar-refractivity contribution in [3.05, 3.63) is 35.6 Å². The minimum Gasteiger partial charge on any atom is -0.383 e. The van der Waals surface area contributed by atoms with Gasteiger partial charge in [0, 0.05) is 31.2 Å². The summed E-state index contributed by atoms with van der Waals surface area (Å²) in [6.07, 6.45) is 0. The Balaban J connectivity index is 2.33. The highest BCUT2D eigenvalue weighted by Gasteiger charge is 2.04. The number of hydrogen-bond donors (Lipinski definition) is 2. The summed E-state index contributed by atoms with van der Waals surface area (Å²) >= 11 is 1.68. The summed E-state index contributed by atoms with van der Waals surface area (Å²) in [4.78, 5) is 4.51. The molecule has 22 heavy (non-hydrogen) atoms. The van der Waals surface area contributed by atoms with Crippen LogP contribution in [-0.2, 0) is 10.5 Å². The van der Waals surface area contributed by atoms with Crippen molar-refractivity contribution in [2.24, 2.45) is 4.99 Å². The molecule has 0 aliphatic rings. The van der Waals surface area contributed by atoms with Gasteiger partial charge in [0.05, 0.1) is 13.2 Å². The second-order valence-corrected chi connectivity index (χ2v) is 6.01. The van der Waals surface area contributed by atoms with Crippen molar-refractivity contribution in [2.45, 2.75) is 25.6 Å². The van der Waals surface area contributed by atoms with Crippen LogP contribution in [0.1, 0.15) is 19.4 Å². The minimum absolute atomic E-state index is 0.137. The van der Waals surface area contributed by atoms with Crippen LogP contribution in [-0.4, -0.2) is 44.6 Å². The fraction of sp³-hybridized carbons (Fsp3) is 0.562. The second-order valence-electron chi connectivity index (χ2n) is 4.91. The molecular formula is C16H26FN3OS. The Morgan fingerprint density at radius 2 is 2.18 bits per heavy atom. The van der Waals surface area contributed by atoms with E-state index in [-0.39, 0.29) is 11.9 Å². The van der Waals surface area contributed by atoms with Gasteiger partial charge in [0.15, 0.2) is 5.96 Å². The number of benzene rings is 1. The topological polar surface area (TPSA) is 45.7 Å². The fourth-order valence-corrected chi connectivity index (χ4v) is 2.68. The van der Waals surface area contributed by atoms with Gasteiger partial charge in [-0.15, -0.1) is 0 Å². The SMILES string of the molecule is CCNC(=NCCSCc1ccccc1F)NC(C)COC. The molecule has 0 bridgehead atoms. The van der Waals surface area contributed by atoms with Gasteiger partial charge in [-0.2, -0.15) is 11.8 Å². The van der Waals surface area contributed by atoms with E-state index >= 15 is 0 Å². The highest BCUT2D eigenvalue weighted by Crippen LogP contribution is 2.14. The summed E-state index contributed by atoms with van der Waals surface area (Å²) in [6.45, 7) is 6.21. The van der Waals surface area contributed by atoms with Gasteiger partial charge in [-0.1, -0.05) is 18.2 Å². The van der Waals surface area contributed by atoms with Crippen LogP contribution in [0.15, 0.2) is 29.3 Å². The Bertz CT molecular complexity index is 457. The zero-order valence-corrected chi connectivity index (χ0v) is 14.4. The molecule has 1 atom stereocenters. The third-order valence-corrected chi connectivity index (χ3v) is 3.85. The van der Waals surface area contributed by atoms with Crippen molar-refractivity contribution < 1.29 is 9.13 Å². The van der Waals surface area contributed by atoms with E-state index in [4.69, 9.17) is 4.74 Å². The third-order valence-electron chi connectivity index (χ3n) is 2.86. The van der Waals surface area contributed by atoms with Gasteiger partial charge in [0.2, 0.25) is 0 Å². The lowest BCUT2D eigenvalue weighted by molar-refractivity contribution is 0.179. The first-order valence-electron chi connectivity index (χ1n) is 7.52. The number of nitrogens with zero attached hydrogens (tertiary/aromatic N) is 1. The zero-order valence-electron chi connectivity index (χ0n) is 13.6. The fourth-order valence-electron chi connectivity index (χ4n) is 1.86. The summed E-state index contributed by atoms with van der Waals surface area (Å²) < 4.78 is 18.6. The first kappa shape index (κ1) is 18.8. The first-order chi connectivity index (χ1) is 10.7. The molecule has 4 nitrogen and oxygen atoms in total. The molecule has 124 valence electrons. The lowest BCUT2D eigenvalue weighted by Gasteiger charge is -2.16. The Morgan fingerprint density at radius 1 is 1.41 bits per heavy atom. The molecule has 0 spiro atoms. The van der Waals surface area contributed by atoms with Gasteiger partial charge in [-0.05, 0) is 25.5 Å². The molecule has 1 unspecified atom stereocenters. The number of aliphatic imine (C=N–C) groups is 1. The predicted octanol–water partition coefficient (Wildman–Crippen LogP) is 2.65. The van der Waals surface area contributed by atoms with Crippen LogP contribution in [0.25, 0.3) is 0 Å². The average molecular weight is 327 g/mol. The van der Waals surface area contributed by atoms with Gasteiger partial charge in [0.1, 0.15) is 5.82 Å². The molecule has 0 radical (unpaired) electrons. The number of thioether (sulfide) groups is 1. The van der Waals surface area contributed by atoms with Crippen molar-refractivity contribution >= 4 is 17.7 Å². The van der Waals surface area contributed by atoms with Crippen LogP contribution >= 0.6 is 11.8 Å². The number of hydrogen-bond acceptors (Lipinski definition) is 3. The maximum Gasteiger partial charge on any atom is 0.191 e. The quantitative estimate of drug-likeness (QED) is 0.416. The maximum atomic E-state index is 13.5. The van der Waals surface area contributed by atoms with E-state index in [0.29, 0.717) is 18.9 Å². The van der Waals surface area contributed by atoms with Crippen molar-refractivity contribution in [1.29, 1.82) is 0 Å². The van der Waals surface area contributed by atoms with E-state index in [2.05, 4.69) is 15.6 Å². The van der Waals surface area contributed by atoms with Crippen molar-refractivity contribution in [3.63, 3.8) is 0 Å². The molecule has 1 aromatic carbocycles. The maximum absolute atomic E-state index is 13.5. The highest BCUT2D eigenvalue weighted by molar-refractivity contribution is 7.98. The number of nitrogens with one attached hydrogen (secondary N) is 2. The molecule has 0 fully saturated rings. The molecule has 0 heterocycles. The lowest BCUT2D eigenvalue weighted by atomic mass is 10.2. The van der Waals surface area contributed by atoms with E-state index in [0.717, 1.165) is 23.8 Å². The first-order valence-corrected chi connectivity index (χ1v) is 8.67. The molecule has 0 saturated heterocycles. The highest BCUT2D eigenvalue weighted by atomic mass is 32.2. The van der Waals surface area contributed by atoms with Gasteiger partial charge < -0.3 is 15.4 Å². The van der Waals surface area contributed by atoms with Crippen molar-refractivity contribution in [3.8, 4) is 0 Å². The monoisotopic (exact) mass is 327 g/mol. The molecule has 0 saturated carbocycles. The Hall–Kier alpha value is -1.27. The molecule has 0 aliphatic carbocycles. The minimum atomic E-state index is -0.137. The van der Waals surface area contributed by atoms with Crippen LogP contribution < -0.4 is 10.6 Å². The van der Waals surface area contributed by atoms with Crippen molar-refractivity contribution in [1.82, 2.24) is 10.6 Å². The number of methoxy groups -OCH3 is 1. The van der Waals surface area contributed by atoms with E-state index in [1.807, 2.05) is 26.0 Å². The summed E-state index contributed by atoms with van der Waals surface area (Å²) in [7, 11) is 1.68. The molecule has 0 aromatic heterocycles. The summed E-state index contributed by atoms with van der Waals surface area (Å²) in [5.74, 6) is 2.18. The van der Waals surface area contributed by atoms with Crippen LogP contribution in [0, 0.1) is 5.82 Å². The van der Waals surface area contributed by atoms with Gasteiger partial charge in [-0.3, -0.25) is 4.99 Å². The van der Waals surface area contributed by atoms with Gasteiger partial charge in [-0.25, -0.2) is 4.39 Å². The molecule has 0 amide bonds. The van der Waals surface area contributed by atoms with Crippen LogP contribution in [0.2, 0.25) is 0 Å². The van der Waals surface area contributed by atoms with E-state index in [9.17, 15) is 4.39 Å². The van der Waals surface area contributed by atoms with Crippen molar-refractivity contribution in [2.75, 3.05) is 32.6 Å². The molecular weight excluding hydrogens is 301 g/mol. The van der Waals surface area contributed by atoms with Crippen LogP contribution in [0.3, 0.4) is 0 Å². The Labute approximate surface area is 136 Å². The molecule has 2 N–H and O–H groups in total. The van der Waals surface area contributed by atoms with Gasteiger partial charge in [0.25, 0.3) is 0 Å².